The summed E-state index contributed by atoms with van der Waals surface area (Å²) in [4.78, 5) is 28.4. The van der Waals surface area contributed by atoms with Gasteiger partial charge in [0.05, 0.1) is 36.4 Å². The molecule has 1 saturated heterocycles. The monoisotopic (exact) mass is 511 g/mol. The van der Waals surface area contributed by atoms with E-state index in [0.717, 1.165) is 11.1 Å². The highest BCUT2D eigenvalue weighted by Gasteiger charge is 2.48. The van der Waals surface area contributed by atoms with Crippen LogP contribution in [0.1, 0.15) is 28.3 Å². The Kier molecular flexibility index (Phi) is 6.79. The van der Waals surface area contributed by atoms with Crippen molar-refractivity contribution in [3.05, 3.63) is 92.5 Å². The second-order valence-corrected chi connectivity index (χ2v) is 9.01. The molecular formula is C27H23Cl2NO5. The molecule has 3 aromatic carbocycles. The first-order valence-corrected chi connectivity index (χ1v) is 11.5. The predicted molar refractivity (Wildman–Crippen MR) is 137 cm³/mol. The van der Waals surface area contributed by atoms with E-state index in [-0.39, 0.29) is 26.9 Å². The van der Waals surface area contributed by atoms with Gasteiger partial charge in [0.25, 0.3) is 11.7 Å². The van der Waals surface area contributed by atoms with Crippen LogP contribution in [0.15, 0.2) is 60.2 Å². The lowest BCUT2D eigenvalue weighted by molar-refractivity contribution is -0.132. The molecule has 1 aliphatic rings. The molecule has 1 aliphatic heterocycles. The molecule has 0 radical (unpaired) electrons. The van der Waals surface area contributed by atoms with E-state index in [4.69, 9.17) is 32.7 Å². The number of hydrogen-bond acceptors (Lipinski definition) is 5. The summed E-state index contributed by atoms with van der Waals surface area (Å²) in [7, 11) is 2.89. The summed E-state index contributed by atoms with van der Waals surface area (Å²) in [6.07, 6.45) is 0. The third kappa shape index (κ3) is 4.24. The fourth-order valence-electron chi connectivity index (χ4n) is 4.34. The van der Waals surface area contributed by atoms with Gasteiger partial charge in [-0.05, 0) is 49.2 Å². The van der Waals surface area contributed by atoms with Gasteiger partial charge in [0.15, 0.2) is 0 Å². The zero-order valence-corrected chi connectivity index (χ0v) is 21.1. The molecule has 0 bridgehead atoms. The minimum absolute atomic E-state index is 0.101. The molecule has 1 amide bonds. The van der Waals surface area contributed by atoms with Crippen LogP contribution in [0, 0.1) is 13.8 Å². The van der Waals surface area contributed by atoms with Crippen LogP contribution in [-0.2, 0) is 9.59 Å². The molecule has 4 rings (SSSR count). The van der Waals surface area contributed by atoms with Gasteiger partial charge >= 0.3 is 0 Å². The first-order valence-electron chi connectivity index (χ1n) is 10.7. The number of Topliss-reactive ketones (excluding diaryl/α,β-unsaturated/α-hetero) is 1. The van der Waals surface area contributed by atoms with Crippen molar-refractivity contribution in [2.45, 2.75) is 19.9 Å². The normalized spacial score (nSPS) is 17.1. The summed E-state index contributed by atoms with van der Waals surface area (Å²) in [6, 6.07) is 14.6. The van der Waals surface area contributed by atoms with E-state index in [0.29, 0.717) is 17.0 Å². The molecule has 6 nitrogen and oxygen atoms in total. The number of ketones is 1. The van der Waals surface area contributed by atoms with Gasteiger partial charge in [-0.25, -0.2) is 0 Å². The standard InChI is InChI=1S/C27H23Cl2NO5/c1-14-9-10-15(2)20(11-14)30-23(17-7-5-6-8-21(17)34-3)22(25(32)27(30)33)24(31)18-12-16(28)13-19(29)26(18)35-4/h5-13,23,31H,1-4H3/b24-22+. The number of methoxy groups -OCH3 is 2. The van der Waals surface area contributed by atoms with Crippen LogP contribution >= 0.6 is 23.2 Å². The Morgan fingerprint density at radius 3 is 2.37 bits per heavy atom. The Bertz CT molecular complexity index is 1380. The van der Waals surface area contributed by atoms with Crippen LogP contribution in [-0.4, -0.2) is 31.0 Å². The van der Waals surface area contributed by atoms with E-state index in [1.54, 1.807) is 24.3 Å². The van der Waals surface area contributed by atoms with Gasteiger partial charge in [0.2, 0.25) is 0 Å². The second kappa shape index (κ2) is 9.64. The van der Waals surface area contributed by atoms with E-state index in [2.05, 4.69) is 0 Å². The number of carbonyl (C=O) groups is 2. The highest BCUT2D eigenvalue weighted by atomic mass is 35.5. The number of carbonyl (C=O) groups excluding carboxylic acids is 2. The number of aliphatic hydroxyl groups excluding tert-OH is 1. The van der Waals surface area contributed by atoms with E-state index < -0.39 is 23.5 Å². The summed E-state index contributed by atoms with van der Waals surface area (Å²) in [5.74, 6) is -1.49. The lowest BCUT2D eigenvalue weighted by atomic mass is 9.94. The number of benzene rings is 3. The van der Waals surface area contributed by atoms with Gasteiger partial charge in [0.1, 0.15) is 17.3 Å². The van der Waals surface area contributed by atoms with Gasteiger partial charge in [-0.1, -0.05) is 53.5 Å². The topological polar surface area (TPSA) is 76.1 Å². The number of halogens is 2. The Morgan fingerprint density at radius 2 is 1.69 bits per heavy atom. The SMILES string of the molecule is COc1ccccc1C1/C(=C(\O)c2cc(Cl)cc(Cl)c2OC)C(=O)C(=O)N1c1cc(C)ccc1C. The Balaban J connectivity index is 2.08. The Morgan fingerprint density at radius 1 is 0.971 bits per heavy atom. The zero-order valence-electron chi connectivity index (χ0n) is 19.6. The molecule has 1 N–H and O–H groups in total. The molecule has 0 spiro atoms. The number of hydrogen-bond donors (Lipinski definition) is 1. The lowest BCUT2D eigenvalue weighted by Gasteiger charge is -2.28. The van der Waals surface area contributed by atoms with E-state index in [1.807, 2.05) is 32.0 Å². The summed E-state index contributed by atoms with van der Waals surface area (Å²) >= 11 is 12.5. The predicted octanol–water partition coefficient (Wildman–Crippen LogP) is 6.25. The molecule has 1 heterocycles. The van der Waals surface area contributed by atoms with Gasteiger partial charge in [-0.2, -0.15) is 0 Å². The maximum Gasteiger partial charge on any atom is 0.300 e. The van der Waals surface area contributed by atoms with Gasteiger partial charge in [0, 0.05) is 16.3 Å². The molecule has 0 aromatic heterocycles. The molecular weight excluding hydrogens is 489 g/mol. The third-order valence-corrected chi connectivity index (χ3v) is 6.47. The average molecular weight is 512 g/mol. The molecule has 0 aliphatic carbocycles. The van der Waals surface area contributed by atoms with Crippen LogP contribution in [0.5, 0.6) is 11.5 Å². The smallest absolute Gasteiger partial charge is 0.300 e. The Labute approximate surface area is 213 Å². The number of amides is 1. The summed E-state index contributed by atoms with van der Waals surface area (Å²) in [6.45, 7) is 3.75. The zero-order chi connectivity index (χ0) is 25.4. The summed E-state index contributed by atoms with van der Waals surface area (Å²) in [5.41, 5.74) is 2.76. The molecule has 180 valence electrons. The average Bonchev–Trinajstić information content (AvgIpc) is 3.09. The number of anilines is 1. The van der Waals surface area contributed by atoms with Gasteiger partial charge in [-0.3, -0.25) is 14.5 Å². The first-order chi connectivity index (χ1) is 16.7. The molecule has 35 heavy (non-hydrogen) atoms. The minimum Gasteiger partial charge on any atom is -0.507 e. The number of ether oxygens (including phenoxy) is 2. The van der Waals surface area contributed by atoms with Crippen LogP contribution in [0.2, 0.25) is 10.0 Å². The fourth-order valence-corrected chi connectivity index (χ4v) is 4.91. The van der Waals surface area contributed by atoms with Gasteiger partial charge < -0.3 is 14.6 Å². The van der Waals surface area contributed by atoms with Crippen molar-refractivity contribution in [1.82, 2.24) is 0 Å². The molecule has 0 saturated carbocycles. The first kappa shape index (κ1) is 24.6. The minimum atomic E-state index is -0.978. The molecule has 1 unspecified atom stereocenters. The molecule has 8 heteroatoms. The number of aliphatic hydroxyl groups is 1. The molecule has 3 aromatic rings. The Hall–Kier alpha value is -3.48. The van der Waals surface area contributed by atoms with Crippen molar-refractivity contribution in [1.29, 1.82) is 0 Å². The van der Waals surface area contributed by atoms with E-state index >= 15 is 0 Å². The largest absolute Gasteiger partial charge is 0.507 e. The van der Waals surface area contributed by atoms with Crippen molar-refractivity contribution in [3.8, 4) is 11.5 Å². The summed E-state index contributed by atoms with van der Waals surface area (Å²) < 4.78 is 10.9. The van der Waals surface area contributed by atoms with Crippen molar-refractivity contribution in [2.24, 2.45) is 0 Å². The molecule has 1 atom stereocenters. The highest BCUT2D eigenvalue weighted by Crippen LogP contribution is 2.47. The highest BCUT2D eigenvalue weighted by molar-refractivity contribution is 6.52. The van der Waals surface area contributed by atoms with Crippen LogP contribution in [0.3, 0.4) is 0 Å². The van der Waals surface area contributed by atoms with Gasteiger partial charge in [-0.15, -0.1) is 0 Å². The lowest BCUT2D eigenvalue weighted by Crippen LogP contribution is -2.30. The van der Waals surface area contributed by atoms with Crippen molar-refractivity contribution < 1.29 is 24.2 Å². The third-order valence-electron chi connectivity index (χ3n) is 5.97. The van der Waals surface area contributed by atoms with E-state index in [1.165, 1.54) is 31.3 Å². The van der Waals surface area contributed by atoms with Crippen molar-refractivity contribution in [2.75, 3.05) is 19.1 Å². The van der Waals surface area contributed by atoms with Crippen LogP contribution in [0.4, 0.5) is 5.69 Å². The maximum atomic E-state index is 13.5. The number of aryl methyl sites for hydroxylation is 2. The number of para-hydroxylation sites is 1. The van der Waals surface area contributed by atoms with Crippen LogP contribution in [0.25, 0.3) is 5.76 Å². The number of nitrogens with zero attached hydrogens (tertiary/aromatic N) is 1. The summed E-state index contributed by atoms with van der Waals surface area (Å²) in [5, 5.41) is 11.9. The van der Waals surface area contributed by atoms with E-state index in [9.17, 15) is 14.7 Å². The maximum absolute atomic E-state index is 13.5. The van der Waals surface area contributed by atoms with Crippen molar-refractivity contribution in [3.63, 3.8) is 0 Å². The second-order valence-electron chi connectivity index (χ2n) is 8.17. The molecule has 1 fully saturated rings. The van der Waals surface area contributed by atoms with Crippen LogP contribution < -0.4 is 14.4 Å². The quantitative estimate of drug-likeness (QED) is 0.248. The number of rotatable bonds is 5. The fraction of sp³-hybridized carbons (Fsp3) is 0.185. The van der Waals surface area contributed by atoms with Crippen molar-refractivity contribution >= 4 is 46.3 Å².